The Morgan fingerprint density at radius 1 is 0.720 bits per heavy atom. The first-order chi connectivity index (χ1) is 12.3. The molecule has 3 aromatic rings. The minimum absolute atomic E-state index is 0.000573. The Labute approximate surface area is 150 Å². The molecule has 0 aliphatic carbocycles. The van der Waals surface area contributed by atoms with Crippen molar-refractivity contribution in [2.45, 2.75) is 24.9 Å². The smallest absolute Gasteiger partial charge is 0.0950 e. The van der Waals surface area contributed by atoms with Crippen LogP contribution in [-0.4, -0.2) is 17.8 Å². The molecule has 0 aliphatic rings. The zero-order valence-electron chi connectivity index (χ0n) is 14.6. The van der Waals surface area contributed by atoms with Crippen LogP contribution in [-0.2, 0) is 5.54 Å². The average molecular weight is 331 g/mol. The first-order valence-electron chi connectivity index (χ1n) is 8.86. The van der Waals surface area contributed by atoms with Crippen molar-refractivity contribution in [3.63, 3.8) is 0 Å². The highest BCUT2D eigenvalue weighted by Crippen LogP contribution is 2.37. The van der Waals surface area contributed by atoms with Gasteiger partial charge in [-0.2, -0.15) is 0 Å². The summed E-state index contributed by atoms with van der Waals surface area (Å²) in [5, 5.41) is 13.6. The van der Waals surface area contributed by atoms with E-state index in [0.717, 1.165) is 6.42 Å². The van der Waals surface area contributed by atoms with E-state index in [0.29, 0.717) is 0 Å². The quantitative estimate of drug-likeness (QED) is 0.631. The topological polar surface area (TPSA) is 32.3 Å². The third-order valence-electron chi connectivity index (χ3n) is 4.75. The number of rotatable bonds is 7. The molecule has 0 fully saturated rings. The summed E-state index contributed by atoms with van der Waals surface area (Å²) >= 11 is 0. The first kappa shape index (κ1) is 17.4. The predicted octanol–water partition coefficient (Wildman–Crippen LogP) is 4.34. The van der Waals surface area contributed by atoms with Crippen molar-refractivity contribution >= 4 is 0 Å². The van der Waals surface area contributed by atoms with E-state index in [1.165, 1.54) is 16.7 Å². The molecule has 0 bridgehead atoms. The van der Waals surface area contributed by atoms with E-state index >= 15 is 0 Å². The molecule has 1 atom stereocenters. The normalized spacial score (nSPS) is 12.7. The molecule has 0 unspecified atom stereocenters. The summed E-state index contributed by atoms with van der Waals surface area (Å²) in [6.07, 6.45) is 0.852. The van der Waals surface area contributed by atoms with Crippen LogP contribution in [0.4, 0.5) is 0 Å². The molecule has 25 heavy (non-hydrogen) atoms. The van der Waals surface area contributed by atoms with Gasteiger partial charge in [-0.05, 0) is 23.1 Å². The predicted molar refractivity (Wildman–Crippen MR) is 104 cm³/mol. The van der Waals surface area contributed by atoms with Crippen LogP contribution in [0.1, 0.15) is 30.0 Å². The molecular weight excluding hydrogens is 306 g/mol. The Morgan fingerprint density at radius 3 is 1.36 bits per heavy atom. The van der Waals surface area contributed by atoms with Crippen molar-refractivity contribution in [2.75, 3.05) is 6.61 Å². The van der Waals surface area contributed by atoms with Gasteiger partial charge in [0, 0.05) is 6.04 Å². The molecule has 0 aliphatic heterocycles. The fourth-order valence-corrected chi connectivity index (χ4v) is 3.40. The summed E-state index contributed by atoms with van der Waals surface area (Å²) in [6, 6.07) is 31.4. The van der Waals surface area contributed by atoms with Crippen molar-refractivity contribution in [1.29, 1.82) is 0 Å². The highest BCUT2D eigenvalue weighted by atomic mass is 16.3. The maximum atomic E-state index is 9.87. The van der Waals surface area contributed by atoms with Crippen molar-refractivity contribution in [1.82, 2.24) is 5.32 Å². The van der Waals surface area contributed by atoms with E-state index in [-0.39, 0.29) is 12.6 Å². The number of nitrogens with one attached hydrogen (secondary N) is 1. The van der Waals surface area contributed by atoms with Crippen LogP contribution in [0.5, 0.6) is 0 Å². The standard InChI is InChI=1S/C23H25NO/c1-2-22(18-25)24-23(19-12-6-3-7-13-19,20-14-8-4-9-15-20)21-16-10-5-11-17-21/h3-17,22,24-25H,2,18H2,1H3/t22-/m0/s1. The molecule has 2 heteroatoms. The van der Waals surface area contributed by atoms with E-state index in [9.17, 15) is 5.11 Å². The summed E-state index contributed by atoms with van der Waals surface area (Å²) in [6.45, 7) is 2.20. The Bertz CT molecular complexity index is 655. The van der Waals surface area contributed by atoms with Crippen LogP contribution in [0.2, 0.25) is 0 Å². The fourth-order valence-electron chi connectivity index (χ4n) is 3.40. The average Bonchev–Trinajstić information content (AvgIpc) is 2.71. The third-order valence-corrected chi connectivity index (χ3v) is 4.75. The van der Waals surface area contributed by atoms with Gasteiger partial charge in [0.15, 0.2) is 0 Å². The minimum atomic E-state index is -0.507. The molecule has 2 nitrogen and oxygen atoms in total. The zero-order valence-corrected chi connectivity index (χ0v) is 14.6. The lowest BCUT2D eigenvalue weighted by Crippen LogP contribution is -2.50. The van der Waals surface area contributed by atoms with Crippen molar-refractivity contribution in [3.8, 4) is 0 Å². The van der Waals surface area contributed by atoms with E-state index in [4.69, 9.17) is 0 Å². The van der Waals surface area contributed by atoms with E-state index in [1.54, 1.807) is 0 Å². The lowest BCUT2D eigenvalue weighted by Gasteiger charge is -2.39. The van der Waals surface area contributed by atoms with Gasteiger partial charge in [0.2, 0.25) is 0 Å². The summed E-state index contributed by atoms with van der Waals surface area (Å²) in [7, 11) is 0. The molecular formula is C23H25NO. The zero-order chi connectivity index (χ0) is 17.5. The molecule has 3 rings (SSSR count). The Balaban J connectivity index is 2.27. The van der Waals surface area contributed by atoms with Gasteiger partial charge in [0.25, 0.3) is 0 Å². The summed E-state index contributed by atoms with van der Waals surface area (Å²) in [4.78, 5) is 0. The highest BCUT2D eigenvalue weighted by Gasteiger charge is 2.37. The van der Waals surface area contributed by atoms with Gasteiger partial charge in [-0.15, -0.1) is 0 Å². The Kier molecular flexibility index (Phi) is 5.64. The van der Waals surface area contributed by atoms with Crippen molar-refractivity contribution in [2.24, 2.45) is 0 Å². The summed E-state index contributed by atoms with van der Waals surface area (Å²) in [5.74, 6) is 0. The summed E-state index contributed by atoms with van der Waals surface area (Å²) < 4.78 is 0. The van der Waals surface area contributed by atoms with Gasteiger partial charge in [-0.3, -0.25) is 5.32 Å². The maximum Gasteiger partial charge on any atom is 0.0950 e. The highest BCUT2D eigenvalue weighted by molar-refractivity contribution is 5.49. The second kappa shape index (κ2) is 8.11. The molecule has 0 saturated carbocycles. The number of hydrogen-bond donors (Lipinski definition) is 2. The molecule has 0 heterocycles. The molecule has 0 saturated heterocycles. The van der Waals surface area contributed by atoms with Crippen LogP contribution < -0.4 is 5.32 Å². The number of hydrogen-bond acceptors (Lipinski definition) is 2. The van der Waals surface area contributed by atoms with Crippen molar-refractivity contribution in [3.05, 3.63) is 108 Å². The van der Waals surface area contributed by atoms with Gasteiger partial charge in [-0.25, -0.2) is 0 Å². The second-order valence-electron chi connectivity index (χ2n) is 6.28. The molecule has 0 spiro atoms. The van der Waals surface area contributed by atoms with Crippen LogP contribution in [0, 0.1) is 0 Å². The van der Waals surface area contributed by atoms with Gasteiger partial charge < -0.3 is 5.11 Å². The molecule has 0 amide bonds. The Morgan fingerprint density at radius 2 is 1.08 bits per heavy atom. The summed E-state index contributed by atoms with van der Waals surface area (Å²) in [5.41, 5.74) is 2.99. The van der Waals surface area contributed by atoms with Crippen LogP contribution >= 0.6 is 0 Å². The van der Waals surface area contributed by atoms with Crippen LogP contribution in [0.15, 0.2) is 91.0 Å². The van der Waals surface area contributed by atoms with Gasteiger partial charge in [0.1, 0.15) is 0 Å². The third kappa shape index (κ3) is 3.51. The van der Waals surface area contributed by atoms with Gasteiger partial charge >= 0.3 is 0 Å². The first-order valence-corrected chi connectivity index (χ1v) is 8.86. The SMILES string of the molecule is CC[C@@H](CO)NC(c1ccccc1)(c1ccccc1)c1ccccc1. The number of aliphatic hydroxyl groups excluding tert-OH is 1. The van der Waals surface area contributed by atoms with Crippen LogP contribution in [0.25, 0.3) is 0 Å². The maximum absolute atomic E-state index is 9.87. The van der Waals surface area contributed by atoms with Gasteiger partial charge in [0.05, 0.1) is 12.1 Å². The van der Waals surface area contributed by atoms with E-state index in [1.807, 2.05) is 18.2 Å². The second-order valence-corrected chi connectivity index (χ2v) is 6.28. The largest absolute Gasteiger partial charge is 0.395 e. The molecule has 0 aromatic heterocycles. The van der Waals surface area contributed by atoms with E-state index in [2.05, 4.69) is 85.0 Å². The molecule has 2 N–H and O–H groups in total. The lowest BCUT2D eigenvalue weighted by molar-refractivity contribution is 0.218. The van der Waals surface area contributed by atoms with Gasteiger partial charge in [-0.1, -0.05) is 97.9 Å². The molecule has 0 radical (unpaired) electrons. The lowest BCUT2D eigenvalue weighted by atomic mass is 9.76. The molecule has 3 aromatic carbocycles. The number of benzene rings is 3. The monoisotopic (exact) mass is 331 g/mol. The van der Waals surface area contributed by atoms with Crippen LogP contribution in [0.3, 0.4) is 0 Å². The Hall–Kier alpha value is -2.42. The fraction of sp³-hybridized carbons (Fsp3) is 0.217. The van der Waals surface area contributed by atoms with E-state index < -0.39 is 5.54 Å². The van der Waals surface area contributed by atoms with Crippen molar-refractivity contribution < 1.29 is 5.11 Å². The molecule has 128 valence electrons. The number of aliphatic hydroxyl groups is 1. The minimum Gasteiger partial charge on any atom is -0.395 e.